The predicted octanol–water partition coefficient (Wildman–Crippen LogP) is 4.94. The van der Waals surface area contributed by atoms with E-state index in [-0.39, 0.29) is 18.4 Å². The maximum Gasteiger partial charge on any atom is 0.268 e. The van der Waals surface area contributed by atoms with Crippen LogP contribution in [0.2, 0.25) is 0 Å². The summed E-state index contributed by atoms with van der Waals surface area (Å²) in [6, 6.07) is 20.6. The van der Waals surface area contributed by atoms with Crippen LogP contribution in [0.4, 0.5) is 0 Å². The maximum atomic E-state index is 13.4. The average Bonchev–Trinajstić information content (AvgIpc) is 3.04. The number of pyridine rings is 1. The number of nitrogens with zero attached hydrogens (tertiary/aromatic N) is 2. The lowest BCUT2D eigenvalue weighted by Crippen LogP contribution is -2.30. The van der Waals surface area contributed by atoms with Crippen molar-refractivity contribution in [3.63, 3.8) is 0 Å². The molecule has 3 aromatic rings. The first kappa shape index (κ1) is 20.9. The molecule has 2 amide bonds. The molecule has 31 heavy (non-hydrogen) atoms. The standard InChI is InChI=1S/C25H22N2O3S/c1-2-15-30-20-12-10-19(11-13-20)22-23(31-21-8-4-3-5-9-21)25(29)27(24(22)28)17-18-7-6-14-26-16-18/h3-14,16H,2,15,17H2,1H3. The lowest BCUT2D eigenvalue weighted by Gasteiger charge is -2.15. The van der Waals surface area contributed by atoms with Gasteiger partial charge >= 0.3 is 0 Å². The van der Waals surface area contributed by atoms with Crippen LogP contribution in [-0.2, 0) is 16.1 Å². The number of thioether (sulfide) groups is 1. The summed E-state index contributed by atoms with van der Waals surface area (Å²) in [7, 11) is 0. The summed E-state index contributed by atoms with van der Waals surface area (Å²) in [6.45, 7) is 2.87. The second kappa shape index (κ2) is 9.62. The molecule has 2 heterocycles. The van der Waals surface area contributed by atoms with Crippen LogP contribution in [0.15, 0.2) is 88.9 Å². The second-order valence-electron chi connectivity index (χ2n) is 7.05. The molecule has 0 atom stereocenters. The SMILES string of the molecule is CCCOc1ccc(C2=C(Sc3ccccc3)C(=O)N(Cc3cccnc3)C2=O)cc1. The van der Waals surface area contributed by atoms with Gasteiger partial charge < -0.3 is 4.74 Å². The molecule has 0 bridgehead atoms. The molecule has 2 aromatic carbocycles. The molecule has 0 N–H and O–H groups in total. The number of hydrogen-bond donors (Lipinski definition) is 0. The molecule has 1 aliphatic rings. The van der Waals surface area contributed by atoms with E-state index < -0.39 is 0 Å². The van der Waals surface area contributed by atoms with Crippen LogP contribution in [-0.4, -0.2) is 28.3 Å². The van der Waals surface area contributed by atoms with E-state index in [1.54, 1.807) is 18.5 Å². The highest BCUT2D eigenvalue weighted by Gasteiger charge is 2.39. The third-order valence-corrected chi connectivity index (χ3v) is 5.86. The summed E-state index contributed by atoms with van der Waals surface area (Å²) < 4.78 is 5.65. The quantitative estimate of drug-likeness (QED) is 0.474. The lowest BCUT2D eigenvalue weighted by atomic mass is 10.1. The summed E-state index contributed by atoms with van der Waals surface area (Å²) in [4.78, 5) is 33.4. The Balaban J connectivity index is 1.69. The Morgan fingerprint density at radius 1 is 0.935 bits per heavy atom. The average molecular weight is 431 g/mol. The molecule has 1 aliphatic heterocycles. The summed E-state index contributed by atoms with van der Waals surface area (Å²) in [5.41, 5.74) is 1.93. The number of hydrogen-bond acceptors (Lipinski definition) is 5. The van der Waals surface area contributed by atoms with Gasteiger partial charge in [-0.3, -0.25) is 19.5 Å². The predicted molar refractivity (Wildman–Crippen MR) is 121 cm³/mol. The minimum absolute atomic E-state index is 0.186. The van der Waals surface area contributed by atoms with Gasteiger partial charge in [0.05, 0.1) is 23.6 Å². The minimum atomic E-state index is -0.297. The van der Waals surface area contributed by atoms with Crippen molar-refractivity contribution in [1.82, 2.24) is 9.88 Å². The van der Waals surface area contributed by atoms with E-state index in [2.05, 4.69) is 4.98 Å². The Kier molecular flexibility index (Phi) is 6.48. The van der Waals surface area contributed by atoms with Crippen molar-refractivity contribution < 1.29 is 14.3 Å². The molecule has 1 aromatic heterocycles. The summed E-state index contributed by atoms with van der Waals surface area (Å²) in [6.07, 6.45) is 4.25. The first-order valence-corrected chi connectivity index (χ1v) is 10.9. The molecule has 0 fully saturated rings. The van der Waals surface area contributed by atoms with Gasteiger partial charge in [0.25, 0.3) is 11.8 Å². The van der Waals surface area contributed by atoms with Crippen molar-refractivity contribution in [2.45, 2.75) is 24.8 Å². The third kappa shape index (κ3) is 4.70. The molecule has 6 heteroatoms. The first-order chi connectivity index (χ1) is 15.2. The van der Waals surface area contributed by atoms with Gasteiger partial charge in [0.15, 0.2) is 0 Å². The number of ether oxygens (including phenoxy) is 1. The Morgan fingerprint density at radius 2 is 1.71 bits per heavy atom. The lowest BCUT2D eigenvalue weighted by molar-refractivity contribution is -0.137. The van der Waals surface area contributed by atoms with E-state index in [1.807, 2.05) is 67.6 Å². The van der Waals surface area contributed by atoms with E-state index in [0.29, 0.717) is 22.6 Å². The molecular weight excluding hydrogens is 408 g/mol. The molecule has 0 unspecified atom stereocenters. The number of amides is 2. The Bertz CT molecular complexity index is 1100. The Morgan fingerprint density at radius 3 is 2.39 bits per heavy atom. The minimum Gasteiger partial charge on any atom is -0.494 e. The smallest absolute Gasteiger partial charge is 0.268 e. The number of benzene rings is 2. The van der Waals surface area contributed by atoms with Gasteiger partial charge in [0.2, 0.25) is 0 Å². The van der Waals surface area contributed by atoms with Crippen LogP contribution in [0.3, 0.4) is 0 Å². The van der Waals surface area contributed by atoms with Crippen LogP contribution >= 0.6 is 11.8 Å². The third-order valence-electron chi connectivity index (χ3n) is 4.77. The monoisotopic (exact) mass is 430 g/mol. The van der Waals surface area contributed by atoms with Crippen LogP contribution in [0.1, 0.15) is 24.5 Å². The van der Waals surface area contributed by atoms with Crippen LogP contribution < -0.4 is 4.74 Å². The molecule has 156 valence electrons. The molecule has 0 saturated carbocycles. The van der Waals surface area contributed by atoms with Gasteiger partial charge in [-0.25, -0.2) is 0 Å². The van der Waals surface area contributed by atoms with Crippen molar-refractivity contribution in [1.29, 1.82) is 0 Å². The van der Waals surface area contributed by atoms with Gasteiger partial charge in [0, 0.05) is 17.3 Å². The normalized spacial score (nSPS) is 13.8. The zero-order valence-corrected chi connectivity index (χ0v) is 18.0. The summed E-state index contributed by atoms with van der Waals surface area (Å²) >= 11 is 1.32. The fourth-order valence-corrected chi connectivity index (χ4v) is 4.30. The Labute approximate surface area is 185 Å². The maximum absolute atomic E-state index is 13.4. The molecule has 0 aliphatic carbocycles. The first-order valence-electron chi connectivity index (χ1n) is 10.1. The zero-order valence-electron chi connectivity index (χ0n) is 17.2. The van der Waals surface area contributed by atoms with Gasteiger partial charge in [-0.2, -0.15) is 0 Å². The highest BCUT2D eigenvalue weighted by atomic mass is 32.2. The highest BCUT2D eigenvalue weighted by molar-refractivity contribution is 8.04. The number of carbonyl (C=O) groups excluding carboxylic acids is 2. The van der Waals surface area contributed by atoms with Gasteiger partial charge in [-0.15, -0.1) is 0 Å². The van der Waals surface area contributed by atoms with Crippen LogP contribution in [0.25, 0.3) is 5.57 Å². The molecule has 0 spiro atoms. The van der Waals surface area contributed by atoms with Crippen molar-refractivity contribution in [2.24, 2.45) is 0 Å². The zero-order chi connectivity index (χ0) is 21.6. The van der Waals surface area contributed by atoms with E-state index >= 15 is 0 Å². The van der Waals surface area contributed by atoms with Crippen LogP contribution in [0.5, 0.6) is 5.75 Å². The van der Waals surface area contributed by atoms with E-state index in [1.165, 1.54) is 16.7 Å². The van der Waals surface area contributed by atoms with Crippen molar-refractivity contribution in [3.05, 3.63) is 95.2 Å². The number of imide groups is 1. The number of aromatic nitrogens is 1. The van der Waals surface area contributed by atoms with E-state index in [0.717, 1.165) is 22.6 Å². The highest BCUT2D eigenvalue weighted by Crippen LogP contribution is 2.40. The molecule has 4 rings (SSSR count). The van der Waals surface area contributed by atoms with E-state index in [9.17, 15) is 9.59 Å². The van der Waals surface area contributed by atoms with Gasteiger partial charge in [-0.05, 0) is 47.9 Å². The van der Waals surface area contributed by atoms with Gasteiger partial charge in [0.1, 0.15) is 5.75 Å². The van der Waals surface area contributed by atoms with Crippen molar-refractivity contribution in [3.8, 4) is 5.75 Å². The summed E-state index contributed by atoms with van der Waals surface area (Å²) in [5, 5.41) is 0. The number of rotatable bonds is 8. The second-order valence-corrected chi connectivity index (χ2v) is 8.13. The summed E-state index contributed by atoms with van der Waals surface area (Å²) in [5.74, 6) is 0.158. The van der Waals surface area contributed by atoms with Crippen LogP contribution in [0, 0.1) is 0 Å². The van der Waals surface area contributed by atoms with Crippen molar-refractivity contribution in [2.75, 3.05) is 6.61 Å². The fraction of sp³-hybridized carbons (Fsp3) is 0.160. The molecule has 0 radical (unpaired) electrons. The topological polar surface area (TPSA) is 59.5 Å². The van der Waals surface area contributed by atoms with Crippen molar-refractivity contribution >= 4 is 29.1 Å². The largest absolute Gasteiger partial charge is 0.494 e. The molecular formula is C25H22N2O3S. The molecule has 5 nitrogen and oxygen atoms in total. The Hall–Kier alpha value is -3.38. The molecule has 0 saturated heterocycles. The van der Waals surface area contributed by atoms with E-state index in [4.69, 9.17) is 4.74 Å². The van der Waals surface area contributed by atoms with Gasteiger partial charge in [-0.1, -0.05) is 55.1 Å². The fourth-order valence-electron chi connectivity index (χ4n) is 3.27. The number of carbonyl (C=O) groups is 2.